The van der Waals surface area contributed by atoms with Gasteiger partial charge in [0.1, 0.15) is 5.82 Å². The van der Waals surface area contributed by atoms with Crippen LogP contribution in [0.4, 0.5) is 0 Å². The summed E-state index contributed by atoms with van der Waals surface area (Å²) >= 11 is 0. The maximum atomic E-state index is 11.6. The fraction of sp³-hybridized carbons (Fsp3) is 0.600. The Hall–Kier alpha value is -1.36. The van der Waals surface area contributed by atoms with Gasteiger partial charge in [-0.25, -0.2) is 4.98 Å². The van der Waals surface area contributed by atoms with Gasteiger partial charge in [-0.15, -0.1) is 0 Å². The van der Waals surface area contributed by atoms with Crippen LogP contribution < -0.4 is 11.3 Å². The standard InChI is InChI=1S/C10H17N3O2/c1-6(2)8-9(14)12-7(4-3-5-11)13-10(8)15/h6H,3-5,11H2,1-2H3,(H2,12,13,14,15). The van der Waals surface area contributed by atoms with Gasteiger partial charge in [0, 0.05) is 6.42 Å². The van der Waals surface area contributed by atoms with Crippen molar-refractivity contribution in [2.24, 2.45) is 5.73 Å². The molecule has 0 fully saturated rings. The summed E-state index contributed by atoms with van der Waals surface area (Å²) in [6, 6.07) is 0. The number of aromatic amines is 1. The molecule has 0 amide bonds. The summed E-state index contributed by atoms with van der Waals surface area (Å²) in [6.45, 7) is 4.22. The fourth-order valence-electron chi connectivity index (χ4n) is 1.42. The summed E-state index contributed by atoms with van der Waals surface area (Å²) in [5.74, 6) is 0.290. The van der Waals surface area contributed by atoms with Crippen LogP contribution in [0.15, 0.2) is 4.79 Å². The summed E-state index contributed by atoms with van der Waals surface area (Å²) in [7, 11) is 0. The molecule has 5 heteroatoms. The Bertz CT molecular complexity index is 385. The molecule has 0 aliphatic rings. The molecule has 0 aliphatic carbocycles. The third-order valence-electron chi connectivity index (χ3n) is 2.18. The molecule has 0 spiro atoms. The van der Waals surface area contributed by atoms with Crippen LogP contribution in [0.1, 0.15) is 37.6 Å². The lowest BCUT2D eigenvalue weighted by Crippen LogP contribution is -2.18. The van der Waals surface area contributed by atoms with Gasteiger partial charge in [0.2, 0.25) is 5.88 Å². The average molecular weight is 211 g/mol. The first-order valence-electron chi connectivity index (χ1n) is 5.08. The first-order chi connectivity index (χ1) is 7.06. The van der Waals surface area contributed by atoms with Crippen molar-refractivity contribution >= 4 is 0 Å². The third kappa shape index (κ3) is 2.79. The molecule has 1 rings (SSSR count). The Labute approximate surface area is 88.4 Å². The molecule has 1 aromatic rings. The van der Waals surface area contributed by atoms with Crippen molar-refractivity contribution in [1.29, 1.82) is 0 Å². The van der Waals surface area contributed by atoms with Crippen LogP contribution in [-0.2, 0) is 6.42 Å². The van der Waals surface area contributed by atoms with Gasteiger partial charge in [0.05, 0.1) is 5.56 Å². The predicted molar refractivity (Wildman–Crippen MR) is 58.0 cm³/mol. The second-order valence-corrected chi connectivity index (χ2v) is 3.80. The lowest BCUT2D eigenvalue weighted by Gasteiger charge is -2.07. The second kappa shape index (κ2) is 4.93. The molecule has 0 bridgehead atoms. The number of aromatic hydroxyl groups is 1. The predicted octanol–water partition coefficient (Wildman–Crippen LogP) is 0.490. The molecule has 84 valence electrons. The van der Waals surface area contributed by atoms with Crippen molar-refractivity contribution in [3.05, 3.63) is 21.7 Å². The Morgan fingerprint density at radius 1 is 1.53 bits per heavy atom. The van der Waals surface area contributed by atoms with E-state index in [9.17, 15) is 9.90 Å². The van der Waals surface area contributed by atoms with Crippen molar-refractivity contribution < 1.29 is 5.11 Å². The van der Waals surface area contributed by atoms with E-state index in [1.54, 1.807) is 0 Å². The van der Waals surface area contributed by atoms with Gasteiger partial charge in [-0.2, -0.15) is 0 Å². The molecular weight excluding hydrogens is 194 g/mol. The molecule has 1 heterocycles. The molecule has 0 radical (unpaired) electrons. The maximum absolute atomic E-state index is 11.6. The number of nitrogens with two attached hydrogens (primary N) is 1. The quantitative estimate of drug-likeness (QED) is 0.675. The molecule has 0 unspecified atom stereocenters. The number of nitrogens with zero attached hydrogens (tertiary/aromatic N) is 1. The minimum atomic E-state index is -0.260. The number of H-pyrrole nitrogens is 1. The summed E-state index contributed by atoms with van der Waals surface area (Å²) in [6.07, 6.45) is 1.32. The van der Waals surface area contributed by atoms with Crippen LogP contribution >= 0.6 is 0 Å². The van der Waals surface area contributed by atoms with Gasteiger partial charge in [-0.05, 0) is 18.9 Å². The van der Waals surface area contributed by atoms with Gasteiger partial charge in [0.25, 0.3) is 5.56 Å². The smallest absolute Gasteiger partial charge is 0.258 e. The average Bonchev–Trinajstić information content (AvgIpc) is 2.12. The molecule has 0 aliphatic heterocycles. The van der Waals surface area contributed by atoms with Crippen molar-refractivity contribution in [2.45, 2.75) is 32.6 Å². The van der Waals surface area contributed by atoms with E-state index in [0.29, 0.717) is 24.4 Å². The second-order valence-electron chi connectivity index (χ2n) is 3.80. The van der Waals surface area contributed by atoms with Gasteiger partial charge in [-0.1, -0.05) is 13.8 Å². The van der Waals surface area contributed by atoms with E-state index in [0.717, 1.165) is 6.42 Å². The van der Waals surface area contributed by atoms with Crippen molar-refractivity contribution in [1.82, 2.24) is 9.97 Å². The van der Waals surface area contributed by atoms with Crippen LogP contribution in [0.25, 0.3) is 0 Å². The van der Waals surface area contributed by atoms with Gasteiger partial charge >= 0.3 is 0 Å². The Morgan fingerprint density at radius 2 is 2.20 bits per heavy atom. The molecule has 4 N–H and O–H groups in total. The summed E-state index contributed by atoms with van der Waals surface area (Å²) in [4.78, 5) is 18.2. The lowest BCUT2D eigenvalue weighted by molar-refractivity contribution is 0.435. The summed E-state index contributed by atoms with van der Waals surface area (Å²) in [5.41, 5.74) is 5.43. The molecule has 0 saturated carbocycles. The summed E-state index contributed by atoms with van der Waals surface area (Å²) < 4.78 is 0. The molecular formula is C10H17N3O2. The minimum absolute atomic E-state index is 0.0372. The van der Waals surface area contributed by atoms with E-state index in [4.69, 9.17) is 5.73 Å². The van der Waals surface area contributed by atoms with Crippen molar-refractivity contribution in [3.63, 3.8) is 0 Å². The number of rotatable bonds is 4. The number of aromatic nitrogens is 2. The third-order valence-corrected chi connectivity index (χ3v) is 2.18. The van der Waals surface area contributed by atoms with E-state index in [1.807, 2.05) is 13.8 Å². The molecule has 5 nitrogen and oxygen atoms in total. The normalized spacial score (nSPS) is 10.9. The van der Waals surface area contributed by atoms with E-state index in [2.05, 4.69) is 9.97 Å². The van der Waals surface area contributed by atoms with E-state index < -0.39 is 0 Å². The summed E-state index contributed by atoms with van der Waals surface area (Å²) in [5, 5.41) is 9.58. The lowest BCUT2D eigenvalue weighted by atomic mass is 10.1. The van der Waals surface area contributed by atoms with E-state index in [-0.39, 0.29) is 17.4 Å². The van der Waals surface area contributed by atoms with Crippen LogP contribution in [0.3, 0.4) is 0 Å². The Morgan fingerprint density at radius 3 is 2.67 bits per heavy atom. The highest BCUT2D eigenvalue weighted by atomic mass is 16.3. The van der Waals surface area contributed by atoms with Crippen LogP contribution in [0.2, 0.25) is 0 Å². The maximum Gasteiger partial charge on any atom is 0.258 e. The van der Waals surface area contributed by atoms with Gasteiger partial charge < -0.3 is 15.8 Å². The Balaban J connectivity index is 3.03. The first-order valence-corrected chi connectivity index (χ1v) is 5.08. The molecule has 15 heavy (non-hydrogen) atoms. The monoisotopic (exact) mass is 211 g/mol. The zero-order valence-corrected chi connectivity index (χ0v) is 9.08. The first kappa shape index (κ1) is 11.7. The molecule has 0 aromatic carbocycles. The van der Waals surface area contributed by atoms with E-state index >= 15 is 0 Å². The van der Waals surface area contributed by atoms with Crippen LogP contribution in [-0.4, -0.2) is 21.6 Å². The van der Waals surface area contributed by atoms with Gasteiger partial charge in [0.15, 0.2) is 0 Å². The highest BCUT2D eigenvalue weighted by molar-refractivity contribution is 5.25. The van der Waals surface area contributed by atoms with Crippen LogP contribution in [0, 0.1) is 0 Å². The highest BCUT2D eigenvalue weighted by Crippen LogP contribution is 2.18. The zero-order valence-electron chi connectivity index (χ0n) is 9.08. The van der Waals surface area contributed by atoms with Crippen molar-refractivity contribution in [3.8, 4) is 5.88 Å². The topological polar surface area (TPSA) is 92.0 Å². The SMILES string of the molecule is CC(C)c1c(O)nc(CCCN)[nH]c1=O. The molecule has 1 aromatic heterocycles. The number of hydrogen-bond acceptors (Lipinski definition) is 4. The highest BCUT2D eigenvalue weighted by Gasteiger charge is 2.13. The molecule has 0 saturated heterocycles. The van der Waals surface area contributed by atoms with Crippen molar-refractivity contribution in [2.75, 3.05) is 6.54 Å². The zero-order chi connectivity index (χ0) is 11.4. The minimum Gasteiger partial charge on any atom is -0.493 e. The van der Waals surface area contributed by atoms with E-state index in [1.165, 1.54) is 0 Å². The Kier molecular flexibility index (Phi) is 3.85. The largest absolute Gasteiger partial charge is 0.493 e. The fourth-order valence-corrected chi connectivity index (χ4v) is 1.42. The van der Waals surface area contributed by atoms with Gasteiger partial charge in [-0.3, -0.25) is 4.79 Å². The number of aryl methyl sites for hydroxylation is 1. The molecule has 0 atom stereocenters. The number of nitrogens with one attached hydrogen (secondary N) is 1. The van der Waals surface area contributed by atoms with Crippen LogP contribution in [0.5, 0.6) is 5.88 Å². The number of hydrogen-bond donors (Lipinski definition) is 3.